The van der Waals surface area contributed by atoms with E-state index in [0.29, 0.717) is 6.54 Å². The average molecular weight is 352 g/mol. The zero-order chi connectivity index (χ0) is 18.4. The Morgan fingerprint density at radius 1 is 1.24 bits per heavy atom. The number of nitrogens with zero attached hydrogens (tertiary/aromatic N) is 3. The Kier molecular flexibility index (Phi) is 5.95. The molecule has 0 aliphatic carbocycles. The Morgan fingerprint density at radius 3 is 2.68 bits per heavy atom. The highest BCUT2D eigenvalue weighted by Crippen LogP contribution is 2.31. The van der Waals surface area contributed by atoms with E-state index < -0.39 is 11.7 Å². The lowest BCUT2D eigenvalue weighted by Gasteiger charge is -2.16. The number of benzene rings is 1. The van der Waals surface area contributed by atoms with Crippen LogP contribution in [0.2, 0.25) is 0 Å². The van der Waals surface area contributed by atoms with Crippen molar-refractivity contribution in [2.75, 3.05) is 18.9 Å². The monoisotopic (exact) mass is 352 g/mol. The number of carbonyl (C=O) groups excluding carboxylic acids is 1. The highest BCUT2D eigenvalue weighted by atomic mass is 19.4. The highest BCUT2D eigenvalue weighted by Gasteiger charge is 2.30. The fourth-order valence-corrected chi connectivity index (χ4v) is 2.16. The first-order chi connectivity index (χ1) is 11.8. The van der Waals surface area contributed by atoms with Crippen LogP contribution in [0.25, 0.3) is 0 Å². The first-order valence-corrected chi connectivity index (χ1v) is 7.83. The van der Waals surface area contributed by atoms with Crippen LogP contribution in [0.15, 0.2) is 36.7 Å². The summed E-state index contributed by atoms with van der Waals surface area (Å²) < 4.78 is 38.3. The van der Waals surface area contributed by atoms with Gasteiger partial charge in [0.25, 0.3) is 5.91 Å². The molecule has 0 fully saturated rings. The van der Waals surface area contributed by atoms with E-state index in [2.05, 4.69) is 15.3 Å². The number of alkyl halides is 3. The molecule has 0 unspecified atom stereocenters. The molecule has 0 radical (unpaired) electrons. The molecule has 0 saturated heterocycles. The fraction of sp³-hybridized carbons (Fsp3) is 0.353. The minimum atomic E-state index is -4.42. The molecular formula is C17H19F3N4O. The van der Waals surface area contributed by atoms with Crippen LogP contribution < -0.4 is 5.32 Å². The molecule has 2 aromatic rings. The van der Waals surface area contributed by atoms with Gasteiger partial charge >= 0.3 is 6.18 Å². The molecule has 1 aromatic heterocycles. The van der Waals surface area contributed by atoms with Crippen molar-refractivity contribution in [3.8, 4) is 0 Å². The van der Waals surface area contributed by atoms with Gasteiger partial charge in [-0.2, -0.15) is 13.2 Å². The van der Waals surface area contributed by atoms with Crippen LogP contribution >= 0.6 is 0 Å². The van der Waals surface area contributed by atoms with E-state index in [9.17, 15) is 18.0 Å². The quantitative estimate of drug-likeness (QED) is 0.850. The summed E-state index contributed by atoms with van der Waals surface area (Å²) >= 11 is 0. The van der Waals surface area contributed by atoms with Gasteiger partial charge in [-0.25, -0.2) is 9.97 Å². The second-order valence-corrected chi connectivity index (χ2v) is 5.57. The van der Waals surface area contributed by atoms with Gasteiger partial charge in [0.2, 0.25) is 0 Å². The van der Waals surface area contributed by atoms with E-state index >= 15 is 0 Å². The van der Waals surface area contributed by atoms with Gasteiger partial charge in [0.15, 0.2) is 0 Å². The van der Waals surface area contributed by atoms with Crippen LogP contribution in [0, 0.1) is 0 Å². The number of halogens is 3. The molecule has 0 aliphatic heterocycles. The first kappa shape index (κ1) is 18.7. The number of amides is 1. The summed E-state index contributed by atoms with van der Waals surface area (Å²) in [5.41, 5.74) is -0.350. The molecule has 0 spiro atoms. The van der Waals surface area contributed by atoms with Gasteiger partial charge in [-0.3, -0.25) is 4.79 Å². The molecule has 0 bridgehead atoms. The number of rotatable bonds is 6. The van der Waals surface area contributed by atoms with Crippen molar-refractivity contribution < 1.29 is 18.0 Å². The molecular weight excluding hydrogens is 333 g/mol. The molecule has 5 nitrogen and oxygen atoms in total. The van der Waals surface area contributed by atoms with Crippen molar-refractivity contribution in [2.24, 2.45) is 0 Å². The number of hydrogen-bond donors (Lipinski definition) is 1. The van der Waals surface area contributed by atoms with E-state index in [1.165, 1.54) is 24.5 Å². The topological polar surface area (TPSA) is 58.1 Å². The number of hydrogen-bond acceptors (Lipinski definition) is 4. The molecule has 1 aromatic carbocycles. The lowest BCUT2D eigenvalue weighted by atomic mass is 10.2. The Bertz CT molecular complexity index is 734. The molecule has 25 heavy (non-hydrogen) atoms. The normalized spacial score (nSPS) is 11.2. The zero-order valence-electron chi connectivity index (χ0n) is 14.0. The third-order valence-electron chi connectivity index (χ3n) is 3.54. The van der Waals surface area contributed by atoms with Gasteiger partial charge in [0, 0.05) is 25.3 Å². The van der Waals surface area contributed by atoms with Crippen LogP contribution in [0.4, 0.5) is 24.7 Å². The van der Waals surface area contributed by atoms with Crippen molar-refractivity contribution in [2.45, 2.75) is 25.9 Å². The first-order valence-electron chi connectivity index (χ1n) is 7.83. The summed E-state index contributed by atoms with van der Waals surface area (Å²) in [6.07, 6.45) is -1.38. The second-order valence-electron chi connectivity index (χ2n) is 5.57. The lowest BCUT2D eigenvalue weighted by Crippen LogP contribution is -2.28. The standard InChI is InChI=1S/C17H19F3N4O/c1-3-4-8-24(2)16(25)14-10-15(22-11-21-14)23-13-7-5-6-12(9-13)17(18,19)20/h5-7,9-11H,3-4,8H2,1-2H3,(H,21,22,23). The Hall–Kier alpha value is -2.64. The molecule has 134 valence electrons. The van der Waals surface area contributed by atoms with E-state index in [0.717, 1.165) is 25.0 Å². The van der Waals surface area contributed by atoms with Gasteiger partial charge in [-0.15, -0.1) is 0 Å². The maximum absolute atomic E-state index is 12.8. The predicted molar refractivity (Wildman–Crippen MR) is 88.6 cm³/mol. The van der Waals surface area contributed by atoms with Crippen molar-refractivity contribution in [3.05, 3.63) is 47.9 Å². The van der Waals surface area contributed by atoms with Crippen molar-refractivity contribution in [3.63, 3.8) is 0 Å². The molecule has 0 saturated carbocycles. The number of anilines is 2. The number of unbranched alkanes of at least 4 members (excludes halogenated alkanes) is 1. The lowest BCUT2D eigenvalue weighted by molar-refractivity contribution is -0.137. The number of nitrogens with one attached hydrogen (secondary N) is 1. The van der Waals surface area contributed by atoms with Gasteiger partial charge < -0.3 is 10.2 Å². The SMILES string of the molecule is CCCCN(C)C(=O)c1cc(Nc2cccc(C(F)(F)F)c2)ncn1. The number of aromatic nitrogens is 2. The molecule has 8 heteroatoms. The summed E-state index contributed by atoms with van der Waals surface area (Å²) in [6.45, 7) is 2.63. The summed E-state index contributed by atoms with van der Waals surface area (Å²) in [5, 5.41) is 2.77. The molecule has 1 N–H and O–H groups in total. The second kappa shape index (κ2) is 7.96. The summed E-state index contributed by atoms with van der Waals surface area (Å²) in [4.78, 5) is 21.8. The molecule has 0 aliphatic rings. The summed E-state index contributed by atoms with van der Waals surface area (Å²) in [6, 6.07) is 6.19. The van der Waals surface area contributed by atoms with Gasteiger partial charge in [-0.1, -0.05) is 19.4 Å². The molecule has 2 rings (SSSR count). The third-order valence-corrected chi connectivity index (χ3v) is 3.54. The summed E-state index contributed by atoms with van der Waals surface area (Å²) in [7, 11) is 1.68. The zero-order valence-corrected chi connectivity index (χ0v) is 14.0. The third kappa shape index (κ3) is 5.17. The van der Waals surface area contributed by atoms with Gasteiger partial charge in [-0.05, 0) is 24.6 Å². The smallest absolute Gasteiger partial charge is 0.340 e. The highest BCUT2D eigenvalue weighted by molar-refractivity contribution is 5.92. The van der Waals surface area contributed by atoms with Gasteiger partial charge in [0.05, 0.1) is 5.56 Å². The largest absolute Gasteiger partial charge is 0.416 e. The molecule has 0 atom stereocenters. The van der Waals surface area contributed by atoms with Crippen LogP contribution in [0.5, 0.6) is 0 Å². The Morgan fingerprint density at radius 2 is 2.00 bits per heavy atom. The van der Waals surface area contributed by atoms with E-state index in [4.69, 9.17) is 0 Å². The van der Waals surface area contributed by atoms with Crippen molar-refractivity contribution >= 4 is 17.4 Å². The van der Waals surface area contributed by atoms with E-state index in [1.54, 1.807) is 11.9 Å². The van der Waals surface area contributed by atoms with E-state index in [1.807, 2.05) is 6.92 Å². The fourth-order valence-electron chi connectivity index (χ4n) is 2.16. The average Bonchev–Trinajstić information content (AvgIpc) is 2.58. The maximum atomic E-state index is 12.8. The van der Waals surface area contributed by atoms with Crippen LogP contribution in [-0.2, 0) is 6.18 Å². The van der Waals surface area contributed by atoms with Crippen molar-refractivity contribution in [1.82, 2.24) is 14.9 Å². The van der Waals surface area contributed by atoms with Crippen LogP contribution in [-0.4, -0.2) is 34.4 Å². The Balaban J connectivity index is 2.15. The minimum Gasteiger partial charge on any atom is -0.340 e. The van der Waals surface area contributed by atoms with Gasteiger partial charge in [0.1, 0.15) is 17.8 Å². The molecule has 1 heterocycles. The summed E-state index contributed by atoms with van der Waals surface area (Å²) in [5.74, 6) is -0.00971. The number of carbonyl (C=O) groups is 1. The Labute approximate surface area is 143 Å². The maximum Gasteiger partial charge on any atom is 0.416 e. The van der Waals surface area contributed by atoms with E-state index in [-0.39, 0.29) is 23.1 Å². The van der Waals surface area contributed by atoms with Crippen LogP contribution in [0.3, 0.4) is 0 Å². The minimum absolute atomic E-state index is 0.183. The van der Waals surface area contributed by atoms with Crippen molar-refractivity contribution in [1.29, 1.82) is 0 Å². The molecule has 1 amide bonds. The van der Waals surface area contributed by atoms with Crippen LogP contribution in [0.1, 0.15) is 35.8 Å². The predicted octanol–water partition coefficient (Wildman–Crippen LogP) is 4.11.